The second kappa shape index (κ2) is 6.26. The molecule has 2 aliphatic heterocycles. The molecule has 3 rings (SSSR count). The number of hydrogen-bond donors (Lipinski definition) is 0. The van der Waals surface area contributed by atoms with Crippen LogP contribution in [0.5, 0.6) is 0 Å². The van der Waals surface area contributed by atoms with E-state index in [1.807, 2.05) is 12.1 Å². The van der Waals surface area contributed by atoms with Gasteiger partial charge in [-0.05, 0) is 26.2 Å². The predicted octanol–water partition coefficient (Wildman–Crippen LogP) is 1.06. The molecule has 1 aromatic heterocycles. The topological polar surface area (TPSA) is 38.1 Å². The van der Waals surface area contributed by atoms with Gasteiger partial charge in [-0.25, -0.2) is 0 Å². The molecule has 2 aliphatic rings. The van der Waals surface area contributed by atoms with Gasteiger partial charge in [-0.1, -0.05) is 0 Å². The highest BCUT2D eigenvalue weighted by Gasteiger charge is 2.45. The van der Waals surface area contributed by atoms with Gasteiger partial charge in [-0.3, -0.25) is 4.90 Å². The molecule has 2 saturated heterocycles. The fourth-order valence-electron chi connectivity index (χ4n) is 3.14. The quantitative estimate of drug-likeness (QED) is 0.779. The Morgan fingerprint density at radius 1 is 1.40 bits per heavy atom. The van der Waals surface area contributed by atoms with Crippen molar-refractivity contribution >= 4 is 0 Å². The number of likely N-dealkylation sites (N-methyl/N-ethyl adjacent to an activating group) is 1. The van der Waals surface area contributed by atoms with Gasteiger partial charge in [-0.15, -0.1) is 0 Å². The van der Waals surface area contributed by atoms with Crippen LogP contribution in [0.2, 0.25) is 0 Å². The molecule has 20 heavy (non-hydrogen) atoms. The van der Waals surface area contributed by atoms with Crippen molar-refractivity contribution in [1.82, 2.24) is 9.80 Å². The summed E-state index contributed by atoms with van der Waals surface area (Å²) < 4.78 is 17.2. The smallest absolute Gasteiger partial charge is 0.117 e. The lowest BCUT2D eigenvalue weighted by atomic mass is 10.0. The molecule has 0 aliphatic carbocycles. The summed E-state index contributed by atoms with van der Waals surface area (Å²) in [6, 6.07) is 4.45. The lowest BCUT2D eigenvalue weighted by molar-refractivity contribution is 0.0129. The van der Waals surface area contributed by atoms with Crippen molar-refractivity contribution in [1.29, 1.82) is 0 Å². The van der Waals surface area contributed by atoms with Crippen LogP contribution >= 0.6 is 0 Å². The van der Waals surface area contributed by atoms with Crippen LogP contribution in [0, 0.1) is 5.92 Å². The number of furan rings is 1. The molecule has 2 fully saturated rings. The minimum absolute atomic E-state index is 0.289. The standard InChI is InChI=1S/C15H24N2O3/c1-16(2)5-7-20-15-9-17(8-12-4-3-6-19-12)14-11-18-10-13(14)15/h3-4,6,13-15H,5,7-11H2,1-2H3/t13-,14+,15-/m1/s1. The van der Waals surface area contributed by atoms with Crippen LogP contribution in [-0.4, -0.2) is 69.0 Å². The van der Waals surface area contributed by atoms with Gasteiger partial charge < -0.3 is 18.8 Å². The number of rotatable bonds is 6. The first kappa shape index (κ1) is 14.1. The van der Waals surface area contributed by atoms with Gasteiger partial charge in [0, 0.05) is 25.0 Å². The Hall–Kier alpha value is -0.880. The maximum Gasteiger partial charge on any atom is 0.117 e. The monoisotopic (exact) mass is 280 g/mol. The summed E-state index contributed by atoms with van der Waals surface area (Å²) in [5, 5.41) is 0. The average molecular weight is 280 g/mol. The number of nitrogens with zero attached hydrogens (tertiary/aromatic N) is 2. The largest absolute Gasteiger partial charge is 0.468 e. The summed E-state index contributed by atoms with van der Waals surface area (Å²) in [6.45, 7) is 5.23. The molecule has 0 N–H and O–H groups in total. The second-order valence-electron chi connectivity index (χ2n) is 5.99. The maximum absolute atomic E-state index is 6.08. The first-order valence-corrected chi connectivity index (χ1v) is 7.34. The van der Waals surface area contributed by atoms with E-state index in [2.05, 4.69) is 23.9 Å². The van der Waals surface area contributed by atoms with Gasteiger partial charge in [0.15, 0.2) is 0 Å². The van der Waals surface area contributed by atoms with E-state index in [1.54, 1.807) is 6.26 Å². The van der Waals surface area contributed by atoms with Gasteiger partial charge in [0.2, 0.25) is 0 Å². The fourth-order valence-corrected chi connectivity index (χ4v) is 3.14. The molecule has 5 nitrogen and oxygen atoms in total. The van der Waals surface area contributed by atoms with Crippen molar-refractivity contribution in [3.05, 3.63) is 24.2 Å². The minimum atomic E-state index is 0.289. The maximum atomic E-state index is 6.08. The molecule has 112 valence electrons. The van der Waals surface area contributed by atoms with E-state index < -0.39 is 0 Å². The Kier molecular flexibility index (Phi) is 4.41. The number of likely N-dealkylation sites (tertiary alicyclic amines) is 1. The van der Waals surface area contributed by atoms with Crippen LogP contribution in [0.4, 0.5) is 0 Å². The molecule has 3 heterocycles. The minimum Gasteiger partial charge on any atom is -0.468 e. The van der Waals surface area contributed by atoms with Crippen LogP contribution < -0.4 is 0 Å². The summed E-state index contributed by atoms with van der Waals surface area (Å²) in [5.41, 5.74) is 0. The van der Waals surface area contributed by atoms with E-state index in [9.17, 15) is 0 Å². The van der Waals surface area contributed by atoms with Gasteiger partial charge in [0.25, 0.3) is 0 Å². The first-order valence-electron chi connectivity index (χ1n) is 7.34. The molecule has 0 bridgehead atoms. The third-order valence-corrected chi connectivity index (χ3v) is 4.26. The van der Waals surface area contributed by atoms with Crippen LogP contribution in [-0.2, 0) is 16.0 Å². The van der Waals surface area contributed by atoms with Crippen molar-refractivity contribution < 1.29 is 13.9 Å². The Balaban J connectivity index is 1.57. The zero-order valence-corrected chi connectivity index (χ0v) is 12.3. The Labute approximate surface area is 120 Å². The number of fused-ring (bicyclic) bond motifs is 1. The lowest BCUT2D eigenvalue weighted by Gasteiger charge is -2.20. The highest BCUT2D eigenvalue weighted by atomic mass is 16.5. The molecule has 0 amide bonds. The molecular formula is C15H24N2O3. The molecule has 1 aromatic rings. The Bertz CT molecular complexity index is 407. The summed E-state index contributed by atoms with van der Waals surface area (Å²) >= 11 is 0. The fraction of sp³-hybridized carbons (Fsp3) is 0.733. The van der Waals surface area contributed by atoms with E-state index in [0.717, 1.165) is 45.2 Å². The molecule has 0 spiro atoms. The van der Waals surface area contributed by atoms with Crippen molar-refractivity contribution in [3.63, 3.8) is 0 Å². The normalized spacial score (nSPS) is 30.2. The molecule has 0 radical (unpaired) electrons. The highest BCUT2D eigenvalue weighted by Crippen LogP contribution is 2.33. The van der Waals surface area contributed by atoms with Crippen LogP contribution in [0.3, 0.4) is 0 Å². The van der Waals surface area contributed by atoms with Crippen molar-refractivity contribution in [3.8, 4) is 0 Å². The number of hydrogen-bond acceptors (Lipinski definition) is 5. The molecule has 5 heteroatoms. The molecule has 3 atom stereocenters. The van der Waals surface area contributed by atoms with E-state index in [0.29, 0.717) is 12.0 Å². The van der Waals surface area contributed by atoms with Crippen LogP contribution in [0.25, 0.3) is 0 Å². The van der Waals surface area contributed by atoms with E-state index in [4.69, 9.17) is 13.9 Å². The molecule has 0 aromatic carbocycles. The second-order valence-corrected chi connectivity index (χ2v) is 5.99. The van der Waals surface area contributed by atoms with Crippen molar-refractivity contribution in [2.45, 2.75) is 18.7 Å². The van der Waals surface area contributed by atoms with E-state index >= 15 is 0 Å². The highest BCUT2D eigenvalue weighted by molar-refractivity contribution is 5.03. The lowest BCUT2D eigenvalue weighted by Crippen LogP contribution is -2.32. The van der Waals surface area contributed by atoms with Gasteiger partial charge in [0.05, 0.1) is 38.7 Å². The summed E-state index contributed by atoms with van der Waals surface area (Å²) in [4.78, 5) is 4.59. The summed E-state index contributed by atoms with van der Waals surface area (Å²) in [6.07, 6.45) is 2.02. The predicted molar refractivity (Wildman–Crippen MR) is 75.5 cm³/mol. The van der Waals surface area contributed by atoms with Gasteiger partial charge in [0.1, 0.15) is 5.76 Å². The first-order chi connectivity index (χ1) is 9.74. The van der Waals surface area contributed by atoms with Crippen LogP contribution in [0.1, 0.15) is 5.76 Å². The van der Waals surface area contributed by atoms with Gasteiger partial charge >= 0.3 is 0 Å². The van der Waals surface area contributed by atoms with Crippen LogP contribution in [0.15, 0.2) is 22.8 Å². The number of ether oxygens (including phenoxy) is 2. The average Bonchev–Trinajstić information content (AvgIpc) is 3.10. The third kappa shape index (κ3) is 3.06. The zero-order chi connectivity index (χ0) is 13.9. The molecular weight excluding hydrogens is 256 g/mol. The Morgan fingerprint density at radius 2 is 2.30 bits per heavy atom. The van der Waals surface area contributed by atoms with E-state index in [1.165, 1.54) is 0 Å². The van der Waals surface area contributed by atoms with E-state index in [-0.39, 0.29) is 6.10 Å². The SMILES string of the molecule is CN(C)CCO[C@@H]1CN(Cc2ccco2)[C@H]2COC[C@@H]12. The third-order valence-electron chi connectivity index (χ3n) is 4.26. The summed E-state index contributed by atoms with van der Waals surface area (Å²) in [5.74, 6) is 1.52. The zero-order valence-electron chi connectivity index (χ0n) is 12.3. The Morgan fingerprint density at radius 3 is 3.05 bits per heavy atom. The van der Waals surface area contributed by atoms with Crippen molar-refractivity contribution in [2.75, 3.05) is 47.0 Å². The summed E-state index contributed by atoms with van der Waals surface area (Å²) in [7, 11) is 4.14. The van der Waals surface area contributed by atoms with Gasteiger partial charge in [-0.2, -0.15) is 0 Å². The van der Waals surface area contributed by atoms with Crippen molar-refractivity contribution in [2.24, 2.45) is 5.92 Å². The molecule has 0 unspecified atom stereocenters. The molecule has 0 saturated carbocycles.